The number of allylic oxidation sites excluding steroid dienone is 1. The van der Waals surface area contributed by atoms with Gasteiger partial charge < -0.3 is 19.9 Å². The molecule has 3 atom stereocenters. The van der Waals surface area contributed by atoms with Gasteiger partial charge in [-0.15, -0.1) is 0 Å². The number of carboxylic acids is 1. The Labute approximate surface area is 151 Å². The maximum Gasteiger partial charge on any atom is 0.307 e. The molecule has 0 bridgehead atoms. The lowest BCUT2D eigenvalue weighted by Crippen LogP contribution is -2.32. The van der Waals surface area contributed by atoms with E-state index in [1.54, 1.807) is 19.4 Å². The van der Waals surface area contributed by atoms with Crippen LogP contribution in [0.4, 0.5) is 0 Å². The molecule has 3 unspecified atom stereocenters. The largest absolute Gasteiger partial charge is 0.489 e. The van der Waals surface area contributed by atoms with Crippen molar-refractivity contribution in [2.24, 2.45) is 10.9 Å². The Hall–Kier alpha value is -2.05. The van der Waals surface area contributed by atoms with E-state index < -0.39 is 17.3 Å². The van der Waals surface area contributed by atoms with Crippen molar-refractivity contribution in [3.63, 3.8) is 0 Å². The van der Waals surface area contributed by atoms with Crippen LogP contribution in [0.2, 0.25) is 5.02 Å². The highest BCUT2D eigenvalue weighted by atomic mass is 35.5. The topological polar surface area (TPSA) is 80.2 Å². The first-order chi connectivity index (χ1) is 12.0. The number of carboxylic acid groups (broad SMARTS) is 1. The fraction of sp³-hybridized carbons (Fsp3) is 0.444. The zero-order chi connectivity index (χ0) is 18.0. The van der Waals surface area contributed by atoms with Crippen molar-refractivity contribution in [3.05, 3.63) is 46.3 Å². The van der Waals surface area contributed by atoms with Crippen molar-refractivity contribution < 1.29 is 19.4 Å². The summed E-state index contributed by atoms with van der Waals surface area (Å²) in [7, 11) is 1.61. The molecule has 3 rings (SSSR count). The average Bonchev–Trinajstić information content (AvgIpc) is 3.31. The minimum absolute atomic E-state index is 0.0490. The van der Waals surface area contributed by atoms with Crippen molar-refractivity contribution in [1.82, 2.24) is 5.32 Å². The molecule has 0 amide bonds. The van der Waals surface area contributed by atoms with Gasteiger partial charge in [0.05, 0.1) is 31.0 Å². The molecule has 1 saturated carbocycles. The number of aliphatic carboxylic acids is 1. The number of halogens is 1. The average molecular weight is 365 g/mol. The number of carbonyl (C=O) groups is 1. The Morgan fingerprint density at radius 3 is 2.96 bits per heavy atom. The monoisotopic (exact) mass is 364 g/mol. The number of methoxy groups -OCH3 is 1. The number of ether oxygens (including phenoxy) is 2. The molecule has 1 aromatic rings. The van der Waals surface area contributed by atoms with E-state index in [4.69, 9.17) is 21.1 Å². The van der Waals surface area contributed by atoms with Gasteiger partial charge >= 0.3 is 5.97 Å². The molecule has 2 aliphatic rings. The van der Waals surface area contributed by atoms with E-state index in [1.807, 2.05) is 25.1 Å². The Balaban J connectivity index is 1.82. The minimum atomic E-state index is -0.821. The summed E-state index contributed by atoms with van der Waals surface area (Å²) in [6.45, 7) is 2.55. The van der Waals surface area contributed by atoms with E-state index in [2.05, 4.69) is 10.3 Å². The third-order valence-corrected chi connectivity index (χ3v) is 4.88. The van der Waals surface area contributed by atoms with E-state index in [0.29, 0.717) is 23.8 Å². The molecule has 0 aromatic heterocycles. The van der Waals surface area contributed by atoms with Gasteiger partial charge in [-0.3, -0.25) is 9.79 Å². The summed E-state index contributed by atoms with van der Waals surface area (Å²) in [4.78, 5) is 15.8. The molecule has 0 saturated heterocycles. The molecule has 134 valence electrons. The SMILES string of the molecule is COCC1=C(OCC2(c3cccc(Cl)c3)CC2C(=O)O)C=NC(C)N1. The number of benzene rings is 1. The Morgan fingerprint density at radius 2 is 2.32 bits per heavy atom. The van der Waals surface area contributed by atoms with Crippen molar-refractivity contribution in [2.45, 2.75) is 24.9 Å². The lowest BCUT2D eigenvalue weighted by Gasteiger charge is -2.24. The molecule has 1 aliphatic heterocycles. The lowest BCUT2D eigenvalue weighted by atomic mass is 9.94. The molecular formula is C18H21ClN2O4. The van der Waals surface area contributed by atoms with Gasteiger partial charge in [-0.25, -0.2) is 0 Å². The number of rotatable bonds is 7. The van der Waals surface area contributed by atoms with Gasteiger partial charge in [-0.2, -0.15) is 0 Å². The minimum Gasteiger partial charge on any atom is -0.489 e. The molecular weight excluding hydrogens is 344 g/mol. The summed E-state index contributed by atoms with van der Waals surface area (Å²) >= 11 is 6.09. The van der Waals surface area contributed by atoms with Gasteiger partial charge in [0, 0.05) is 17.5 Å². The standard InChI is InChI=1S/C18H21ClN2O4/c1-11-20-8-16(15(21-11)9-24-2)25-10-18(7-14(18)17(22)23)12-4-3-5-13(19)6-12/h3-6,8,11,14,21H,7,9-10H2,1-2H3,(H,22,23). The molecule has 0 radical (unpaired) electrons. The first kappa shape index (κ1) is 17.8. The smallest absolute Gasteiger partial charge is 0.307 e. The van der Waals surface area contributed by atoms with Gasteiger partial charge in [-0.1, -0.05) is 23.7 Å². The van der Waals surface area contributed by atoms with Gasteiger partial charge in [0.25, 0.3) is 0 Å². The Kier molecular flexibility index (Phi) is 5.01. The predicted molar refractivity (Wildman–Crippen MR) is 94.8 cm³/mol. The molecule has 1 aromatic carbocycles. The first-order valence-corrected chi connectivity index (χ1v) is 8.47. The van der Waals surface area contributed by atoms with Crippen molar-refractivity contribution in [2.75, 3.05) is 20.3 Å². The van der Waals surface area contributed by atoms with E-state index >= 15 is 0 Å². The van der Waals surface area contributed by atoms with Crippen molar-refractivity contribution in [3.8, 4) is 0 Å². The number of aliphatic imine (C=N–C) groups is 1. The highest BCUT2D eigenvalue weighted by Gasteiger charge is 2.60. The molecule has 2 N–H and O–H groups in total. The third-order valence-electron chi connectivity index (χ3n) is 4.64. The molecule has 1 fully saturated rings. The Morgan fingerprint density at radius 1 is 1.52 bits per heavy atom. The molecule has 6 nitrogen and oxygen atoms in total. The quantitative estimate of drug-likeness (QED) is 0.777. The fourth-order valence-electron chi connectivity index (χ4n) is 3.20. The molecule has 25 heavy (non-hydrogen) atoms. The number of hydrogen-bond acceptors (Lipinski definition) is 5. The van der Waals surface area contributed by atoms with Crippen LogP contribution in [0.5, 0.6) is 0 Å². The van der Waals surface area contributed by atoms with Crippen LogP contribution in [-0.2, 0) is 19.7 Å². The maximum absolute atomic E-state index is 11.5. The lowest BCUT2D eigenvalue weighted by molar-refractivity contribution is -0.139. The molecule has 1 heterocycles. The molecule has 1 aliphatic carbocycles. The highest BCUT2D eigenvalue weighted by molar-refractivity contribution is 6.30. The third kappa shape index (κ3) is 3.65. The highest BCUT2D eigenvalue weighted by Crippen LogP contribution is 2.55. The van der Waals surface area contributed by atoms with Crippen LogP contribution >= 0.6 is 11.6 Å². The van der Waals surface area contributed by atoms with E-state index in [0.717, 1.165) is 11.3 Å². The van der Waals surface area contributed by atoms with E-state index in [1.165, 1.54) is 0 Å². The van der Waals surface area contributed by atoms with Crippen molar-refractivity contribution >= 4 is 23.8 Å². The summed E-state index contributed by atoms with van der Waals surface area (Å²) in [5.74, 6) is -0.721. The molecule has 7 heteroatoms. The number of nitrogens with zero attached hydrogens (tertiary/aromatic N) is 1. The van der Waals surface area contributed by atoms with Crippen molar-refractivity contribution in [1.29, 1.82) is 0 Å². The van der Waals surface area contributed by atoms with Crippen LogP contribution in [0.1, 0.15) is 18.9 Å². The molecule has 0 spiro atoms. The summed E-state index contributed by atoms with van der Waals surface area (Å²) in [5.41, 5.74) is 1.12. The van der Waals surface area contributed by atoms with Crippen LogP contribution in [-0.4, -0.2) is 43.8 Å². The van der Waals surface area contributed by atoms with E-state index in [-0.39, 0.29) is 12.8 Å². The van der Waals surface area contributed by atoms with Crippen LogP contribution < -0.4 is 5.32 Å². The summed E-state index contributed by atoms with van der Waals surface area (Å²) in [6.07, 6.45) is 2.14. The van der Waals surface area contributed by atoms with Gasteiger partial charge in [0.15, 0.2) is 5.76 Å². The maximum atomic E-state index is 11.5. The summed E-state index contributed by atoms with van der Waals surface area (Å²) in [6, 6.07) is 7.32. The van der Waals surface area contributed by atoms with Crippen LogP contribution in [0.3, 0.4) is 0 Å². The number of hydrogen-bond donors (Lipinski definition) is 2. The van der Waals surface area contributed by atoms with E-state index in [9.17, 15) is 9.90 Å². The normalized spacial score (nSPS) is 27.8. The Bertz CT molecular complexity index is 734. The zero-order valence-electron chi connectivity index (χ0n) is 14.2. The van der Waals surface area contributed by atoms with Crippen LogP contribution in [0.15, 0.2) is 40.7 Å². The second kappa shape index (κ2) is 7.06. The fourth-order valence-corrected chi connectivity index (χ4v) is 3.39. The second-order valence-electron chi connectivity index (χ2n) is 6.42. The second-order valence-corrected chi connectivity index (χ2v) is 6.86. The van der Waals surface area contributed by atoms with Gasteiger partial charge in [0.2, 0.25) is 0 Å². The predicted octanol–water partition coefficient (Wildman–Crippen LogP) is 2.58. The zero-order valence-corrected chi connectivity index (χ0v) is 14.9. The summed E-state index contributed by atoms with van der Waals surface area (Å²) in [5, 5.41) is 13.3. The van der Waals surface area contributed by atoms with Gasteiger partial charge in [-0.05, 0) is 31.0 Å². The number of nitrogens with one attached hydrogen (secondary N) is 1. The first-order valence-electron chi connectivity index (χ1n) is 8.10. The van der Waals surface area contributed by atoms with Gasteiger partial charge in [0.1, 0.15) is 6.17 Å². The summed E-state index contributed by atoms with van der Waals surface area (Å²) < 4.78 is 11.2. The van der Waals surface area contributed by atoms with Crippen LogP contribution in [0.25, 0.3) is 0 Å². The van der Waals surface area contributed by atoms with Crippen LogP contribution in [0, 0.1) is 5.92 Å².